The molecule has 64 valence electrons. The molecule has 4 nitrogen and oxygen atoms in total. The summed E-state index contributed by atoms with van der Waals surface area (Å²) < 4.78 is 0. The third-order valence-corrected chi connectivity index (χ3v) is 1.31. The summed E-state index contributed by atoms with van der Waals surface area (Å²) in [5.41, 5.74) is 2.68. The van der Waals surface area contributed by atoms with Crippen molar-refractivity contribution in [3.8, 4) is 0 Å². The fraction of sp³-hybridized carbons (Fsp3) is 0.250. The van der Waals surface area contributed by atoms with E-state index in [0.29, 0.717) is 12.2 Å². The van der Waals surface area contributed by atoms with Crippen LogP contribution in [0.1, 0.15) is 13.3 Å². The van der Waals surface area contributed by atoms with Gasteiger partial charge in [0.05, 0.1) is 0 Å². The first-order valence-electron chi connectivity index (χ1n) is 3.79. The van der Waals surface area contributed by atoms with Gasteiger partial charge in [-0.3, -0.25) is 10.2 Å². The third kappa shape index (κ3) is 2.57. The van der Waals surface area contributed by atoms with Crippen LogP contribution in [0, 0.1) is 0 Å². The molecule has 0 spiro atoms. The Morgan fingerprint density at radius 2 is 2.50 bits per heavy atom. The Bertz CT molecular complexity index is 253. The van der Waals surface area contributed by atoms with Crippen molar-refractivity contribution in [2.24, 2.45) is 5.10 Å². The second kappa shape index (κ2) is 4.33. The molecule has 0 saturated heterocycles. The van der Waals surface area contributed by atoms with Gasteiger partial charge in [0.15, 0.2) is 0 Å². The fourth-order valence-electron chi connectivity index (χ4n) is 0.697. The van der Waals surface area contributed by atoms with Gasteiger partial charge in [-0.1, -0.05) is 13.0 Å². The van der Waals surface area contributed by atoms with Gasteiger partial charge in [-0.2, -0.15) is 5.10 Å². The number of carbonyl (C=O) groups excluding carboxylic acids is 1. The van der Waals surface area contributed by atoms with E-state index in [1.807, 2.05) is 0 Å². The van der Waals surface area contributed by atoms with Gasteiger partial charge >= 0.3 is 0 Å². The van der Waals surface area contributed by atoms with Crippen molar-refractivity contribution >= 4 is 12.1 Å². The minimum absolute atomic E-state index is 0.0285. The third-order valence-electron chi connectivity index (χ3n) is 1.31. The van der Waals surface area contributed by atoms with Gasteiger partial charge in [0, 0.05) is 12.6 Å². The molecular weight excluding hydrogens is 154 g/mol. The molecule has 12 heavy (non-hydrogen) atoms. The molecule has 0 atom stereocenters. The first kappa shape index (κ1) is 8.52. The molecule has 0 fully saturated rings. The number of amides is 1. The second-order valence-corrected chi connectivity index (χ2v) is 2.26. The molecule has 0 aromatic heterocycles. The van der Waals surface area contributed by atoms with Crippen LogP contribution in [0.5, 0.6) is 0 Å². The lowest BCUT2D eigenvalue weighted by Gasteiger charge is -2.05. The number of carbonyl (C=O) groups is 1. The maximum absolute atomic E-state index is 10.9. The smallest absolute Gasteiger partial charge is 0.225 e. The van der Waals surface area contributed by atoms with Crippen molar-refractivity contribution in [2.75, 3.05) is 0 Å². The topological polar surface area (TPSA) is 53.5 Å². The SMILES string of the molecule is CCC(=O)NC1=CC=CC=NN1. The van der Waals surface area contributed by atoms with Crippen molar-refractivity contribution < 1.29 is 4.79 Å². The Labute approximate surface area is 71.0 Å². The zero-order valence-corrected chi connectivity index (χ0v) is 6.87. The highest BCUT2D eigenvalue weighted by Crippen LogP contribution is 1.90. The standard InChI is InChI=1S/C8H11N3O/c1-2-8(12)10-7-5-3-4-6-9-11-7/h3-6,11H,2H2,1H3,(H,10,12). The molecule has 0 aromatic rings. The van der Waals surface area contributed by atoms with E-state index >= 15 is 0 Å². The second-order valence-electron chi connectivity index (χ2n) is 2.26. The summed E-state index contributed by atoms with van der Waals surface area (Å²) in [5.74, 6) is 0.575. The summed E-state index contributed by atoms with van der Waals surface area (Å²) >= 11 is 0. The van der Waals surface area contributed by atoms with E-state index < -0.39 is 0 Å². The van der Waals surface area contributed by atoms with Crippen LogP contribution in [0.25, 0.3) is 0 Å². The number of hydrogen-bond donors (Lipinski definition) is 2. The molecule has 1 aliphatic heterocycles. The lowest BCUT2D eigenvalue weighted by molar-refractivity contribution is -0.120. The predicted molar refractivity (Wildman–Crippen MR) is 47.3 cm³/mol. The predicted octanol–water partition coefficient (Wildman–Crippen LogP) is 0.499. The average Bonchev–Trinajstić information content (AvgIpc) is 2.33. The van der Waals surface area contributed by atoms with E-state index in [0.717, 1.165) is 0 Å². The number of rotatable bonds is 2. The van der Waals surface area contributed by atoms with Crippen molar-refractivity contribution in [1.29, 1.82) is 0 Å². The number of hydrogen-bond acceptors (Lipinski definition) is 3. The lowest BCUT2D eigenvalue weighted by Crippen LogP contribution is -2.28. The van der Waals surface area contributed by atoms with Gasteiger partial charge in [0.2, 0.25) is 5.91 Å². The number of nitrogens with one attached hydrogen (secondary N) is 2. The van der Waals surface area contributed by atoms with E-state index in [-0.39, 0.29) is 5.91 Å². The largest absolute Gasteiger partial charge is 0.311 e. The van der Waals surface area contributed by atoms with Gasteiger partial charge in [-0.25, -0.2) is 0 Å². The summed E-state index contributed by atoms with van der Waals surface area (Å²) in [4.78, 5) is 10.9. The molecule has 0 unspecified atom stereocenters. The van der Waals surface area contributed by atoms with Gasteiger partial charge in [0.1, 0.15) is 5.82 Å². The zero-order chi connectivity index (χ0) is 8.81. The Kier molecular flexibility index (Phi) is 3.07. The van der Waals surface area contributed by atoms with Crippen LogP contribution in [-0.2, 0) is 4.79 Å². The van der Waals surface area contributed by atoms with Crippen LogP contribution >= 0.6 is 0 Å². The van der Waals surface area contributed by atoms with Crippen molar-refractivity contribution in [3.63, 3.8) is 0 Å². The van der Waals surface area contributed by atoms with Crippen LogP contribution < -0.4 is 10.7 Å². The van der Waals surface area contributed by atoms with E-state index in [9.17, 15) is 4.79 Å². The number of nitrogens with zero attached hydrogens (tertiary/aromatic N) is 1. The number of hydrazone groups is 1. The maximum Gasteiger partial charge on any atom is 0.225 e. The highest BCUT2D eigenvalue weighted by Gasteiger charge is 1.99. The molecule has 0 saturated carbocycles. The van der Waals surface area contributed by atoms with Crippen molar-refractivity contribution in [1.82, 2.24) is 10.7 Å². The molecule has 0 aliphatic carbocycles. The normalized spacial score (nSPS) is 14.6. The molecule has 1 rings (SSSR count). The molecule has 0 bridgehead atoms. The van der Waals surface area contributed by atoms with Gasteiger partial charge in [0.25, 0.3) is 0 Å². The highest BCUT2D eigenvalue weighted by atomic mass is 16.1. The molecule has 1 amide bonds. The maximum atomic E-state index is 10.9. The van der Waals surface area contributed by atoms with Crippen LogP contribution in [0.2, 0.25) is 0 Å². The molecular formula is C8H11N3O. The minimum atomic E-state index is -0.0285. The molecule has 0 radical (unpaired) electrons. The van der Waals surface area contributed by atoms with E-state index in [4.69, 9.17) is 0 Å². The Hall–Kier alpha value is -1.58. The van der Waals surface area contributed by atoms with Gasteiger partial charge in [-0.15, -0.1) is 0 Å². The highest BCUT2D eigenvalue weighted by molar-refractivity contribution is 5.78. The van der Waals surface area contributed by atoms with E-state index in [1.54, 1.807) is 31.4 Å². The lowest BCUT2D eigenvalue weighted by atomic mass is 10.4. The monoisotopic (exact) mass is 165 g/mol. The molecule has 4 heteroatoms. The van der Waals surface area contributed by atoms with Crippen LogP contribution in [-0.4, -0.2) is 12.1 Å². The van der Waals surface area contributed by atoms with Crippen LogP contribution in [0.4, 0.5) is 0 Å². The molecule has 2 N–H and O–H groups in total. The number of allylic oxidation sites excluding steroid dienone is 3. The Morgan fingerprint density at radius 3 is 3.25 bits per heavy atom. The van der Waals surface area contributed by atoms with Crippen molar-refractivity contribution in [3.05, 3.63) is 24.0 Å². The summed E-state index contributed by atoms with van der Waals surface area (Å²) in [6.45, 7) is 1.80. The van der Waals surface area contributed by atoms with Gasteiger partial charge < -0.3 is 5.32 Å². The fourth-order valence-corrected chi connectivity index (χ4v) is 0.697. The molecule has 0 aromatic carbocycles. The average molecular weight is 165 g/mol. The molecule has 1 heterocycles. The quantitative estimate of drug-likeness (QED) is 0.626. The zero-order valence-electron chi connectivity index (χ0n) is 6.87. The minimum Gasteiger partial charge on any atom is -0.311 e. The summed E-state index contributed by atoms with van der Waals surface area (Å²) in [7, 11) is 0. The first-order chi connectivity index (χ1) is 5.83. The summed E-state index contributed by atoms with van der Waals surface area (Å²) in [5, 5.41) is 6.45. The Balaban J connectivity index is 2.52. The van der Waals surface area contributed by atoms with E-state index in [1.165, 1.54) is 0 Å². The summed E-state index contributed by atoms with van der Waals surface area (Å²) in [6.07, 6.45) is 7.40. The van der Waals surface area contributed by atoms with Gasteiger partial charge in [-0.05, 0) is 12.2 Å². The van der Waals surface area contributed by atoms with Crippen molar-refractivity contribution in [2.45, 2.75) is 13.3 Å². The van der Waals surface area contributed by atoms with E-state index in [2.05, 4.69) is 15.8 Å². The van der Waals surface area contributed by atoms with Crippen LogP contribution in [0.15, 0.2) is 29.2 Å². The molecule has 1 aliphatic rings. The first-order valence-corrected chi connectivity index (χ1v) is 3.79. The Morgan fingerprint density at radius 1 is 1.67 bits per heavy atom. The summed E-state index contributed by atoms with van der Waals surface area (Å²) in [6, 6.07) is 0. The van der Waals surface area contributed by atoms with Crippen LogP contribution in [0.3, 0.4) is 0 Å².